The van der Waals surface area contributed by atoms with E-state index in [1.54, 1.807) is 24.3 Å². The number of nitrogens with zero attached hydrogens (tertiary/aromatic N) is 3. The maximum Gasteiger partial charge on any atom is 0.327 e. The van der Waals surface area contributed by atoms with Crippen LogP contribution in [0.2, 0.25) is 5.02 Å². The molecule has 1 aromatic carbocycles. The second-order valence-electron chi connectivity index (χ2n) is 3.42. The molecule has 0 aliphatic rings. The molecule has 0 radical (unpaired) electrons. The van der Waals surface area contributed by atoms with E-state index in [0.29, 0.717) is 17.1 Å². The number of rotatable bonds is 6. The highest BCUT2D eigenvalue weighted by molar-refractivity contribution is 6.30. The minimum absolute atomic E-state index is 0.255. The van der Waals surface area contributed by atoms with E-state index in [2.05, 4.69) is 15.3 Å². The lowest BCUT2D eigenvalue weighted by atomic mass is 10.1. The lowest BCUT2D eigenvalue weighted by molar-refractivity contribution is -0.143. The van der Waals surface area contributed by atoms with Gasteiger partial charge in [-0.25, -0.2) is 4.79 Å². The zero-order chi connectivity index (χ0) is 13.4. The van der Waals surface area contributed by atoms with Crippen molar-refractivity contribution >= 4 is 17.6 Å². The summed E-state index contributed by atoms with van der Waals surface area (Å²) in [7, 11) is 1.31. The Kier molecular flexibility index (Phi) is 6.00. The van der Waals surface area contributed by atoms with E-state index in [9.17, 15) is 4.79 Å². The van der Waals surface area contributed by atoms with Crippen LogP contribution in [0.4, 0.5) is 0 Å². The lowest BCUT2D eigenvalue weighted by Crippen LogP contribution is -2.31. The number of hydrogen-bond donors (Lipinski definition) is 1. The molecule has 1 aromatic rings. The van der Waals surface area contributed by atoms with Crippen molar-refractivity contribution in [3.8, 4) is 0 Å². The summed E-state index contributed by atoms with van der Waals surface area (Å²) in [6.45, 7) is 0.626. The predicted octanol–water partition coefficient (Wildman–Crippen LogP) is 2.45. The maximum atomic E-state index is 11.7. The van der Waals surface area contributed by atoms with E-state index in [-0.39, 0.29) is 6.54 Å². The van der Waals surface area contributed by atoms with Gasteiger partial charge in [0.1, 0.15) is 6.04 Å². The van der Waals surface area contributed by atoms with Crippen molar-refractivity contribution in [1.82, 2.24) is 5.32 Å². The van der Waals surface area contributed by atoms with Gasteiger partial charge in [0.15, 0.2) is 0 Å². The monoisotopic (exact) mass is 268 g/mol. The van der Waals surface area contributed by atoms with Crippen molar-refractivity contribution in [2.75, 3.05) is 20.2 Å². The minimum Gasteiger partial charge on any atom is -0.468 e. The Bertz CT molecular complexity index is 460. The first-order valence-corrected chi connectivity index (χ1v) is 5.64. The van der Waals surface area contributed by atoms with Crippen LogP contribution in [-0.4, -0.2) is 26.2 Å². The number of methoxy groups -OCH3 is 1. The Morgan fingerprint density at radius 2 is 2.44 bits per heavy atom. The van der Waals surface area contributed by atoms with Crippen molar-refractivity contribution < 1.29 is 9.53 Å². The van der Waals surface area contributed by atoms with Crippen LogP contribution in [0.25, 0.3) is 10.4 Å². The molecule has 0 heterocycles. The van der Waals surface area contributed by atoms with Crippen LogP contribution in [-0.2, 0) is 9.53 Å². The third-order valence-corrected chi connectivity index (χ3v) is 2.48. The third-order valence-electron chi connectivity index (χ3n) is 2.24. The highest BCUT2D eigenvalue weighted by atomic mass is 35.5. The van der Waals surface area contributed by atoms with Gasteiger partial charge in [-0.3, -0.25) is 0 Å². The number of ether oxygens (including phenoxy) is 1. The van der Waals surface area contributed by atoms with E-state index in [0.717, 1.165) is 0 Å². The van der Waals surface area contributed by atoms with Crippen LogP contribution < -0.4 is 5.32 Å². The summed E-state index contributed by atoms with van der Waals surface area (Å²) in [6.07, 6.45) is 0. The summed E-state index contributed by atoms with van der Waals surface area (Å²) in [5.41, 5.74) is 8.87. The van der Waals surface area contributed by atoms with Gasteiger partial charge in [0.2, 0.25) is 0 Å². The van der Waals surface area contributed by atoms with Gasteiger partial charge in [0.05, 0.1) is 7.11 Å². The molecular formula is C11H13ClN4O2. The molecular weight excluding hydrogens is 256 g/mol. The summed E-state index contributed by atoms with van der Waals surface area (Å²) in [5, 5.41) is 6.87. The van der Waals surface area contributed by atoms with E-state index in [1.165, 1.54) is 7.11 Å². The molecule has 1 atom stereocenters. The van der Waals surface area contributed by atoms with Gasteiger partial charge < -0.3 is 10.1 Å². The zero-order valence-electron chi connectivity index (χ0n) is 9.84. The summed E-state index contributed by atoms with van der Waals surface area (Å²) >= 11 is 5.87. The Labute approximate surface area is 110 Å². The van der Waals surface area contributed by atoms with Crippen molar-refractivity contribution in [2.45, 2.75) is 6.04 Å². The molecule has 6 nitrogen and oxygen atoms in total. The Hall–Kier alpha value is -1.75. The molecule has 7 heteroatoms. The number of hydrogen-bond acceptors (Lipinski definition) is 4. The first-order chi connectivity index (χ1) is 8.69. The van der Waals surface area contributed by atoms with Crippen LogP contribution in [0.3, 0.4) is 0 Å². The van der Waals surface area contributed by atoms with Gasteiger partial charge in [0.25, 0.3) is 0 Å². The molecule has 0 saturated carbocycles. The van der Waals surface area contributed by atoms with E-state index in [1.807, 2.05) is 0 Å². The molecule has 0 aromatic heterocycles. The average molecular weight is 269 g/mol. The number of azide groups is 1. The molecule has 1 rings (SSSR count). The Morgan fingerprint density at radius 3 is 3.06 bits per heavy atom. The van der Waals surface area contributed by atoms with Crippen LogP contribution in [0.1, 0.15) is 11.6 Å². The van der Waals surface area contributed by atoms with Gasteiger partial charge in [-0.1, -0.05) is 28.8 Å². The second kappa shape index (κ2) is 7.55. The fourth-order valence-electron chi connectivity index (χ4n) is 1.44. The van der Waals surface area contributed by atoms with Crippen molar-refractivity contribution in [3.05, 3.63) is 45.3 Å². The van der Waals surface area contributed by atoms with Crippen molar-refractivity contribution in [3.63, 3.8) is 0 Å². The first kappa shape index (κ1) is 14.3. The SMILES string of the molecule is COC(=O)C(NCCN=[N+]=[N-])c1cccc(Cl)c1. The summed E-state index contributed by atoms with van der Waals surface area (Å²) < 4.78 is 4.72. The zero-order valence-corrected chi connectivity index (χ0v) is 10.6. The maximum absolute atomic E-state index is 11.7. The minimum atomic E-state index is -0.623. The topological polar surface area (TPSA) is 87.1 Å². The number of halogens is 1. The van der Waals surface area contributed by atoms with Gasteiger partial charge in [-0.05, 0) is 23.2 Å². The number of carbonyl (C=O) groups is 1. The third kappa shape index (κ3) is 4.25. The highest BCUT2D eigenvalue weighted by Gasteiger charge is 2.20. The number of nitrogens with one attached hydrogen (secondary N) is 1. The number of carbonyl (C=O) groups excluding carboxylic acids is 1. The first-order valence-electron chi connectivity index (χ1n) is 5.26. The number of benzene rings is 1. The van der Waals surface area contributed by atoms with Gasteiger partial charge in [0, 0.05) is 23.0 Å². The molecule has 1 unspecified atom stereocenters. The van der Waals surface area contributed by atoms with E-state index < -0.39 is 12.0 Å². The molecule has 0 fully saturated rings. The smallest absolute Gasteiger partial charge is 0.327 e. The number of esters is 1. The lowest BCUT2D eigenvalue weighted by Gasteiger charge is -2.16. The van der Waals surface area contributed by atoms with Crippen molar-refractivity contribution in [1.29, 1.82) is 0 Å². The van der Waals surface area contributed by atoms with Gasteiger partial charge in [-0.2, -0.15) is 0 Å². The summed E-state index contributed by atoms with van der Waals surface area (Å²) in [5.74, 6) is -0.418. The van der Waals surface area contributed by atoms with Crippen LogP contribution in [0.5, 0.6) is 0 Å². The normalized spacial score (nSPS) is 11.4. The van der Waals surface area contributed by atoms with E-state index in [4.69, 9.17) is 21.9 Å². The Morgan fingerprint density at radius 1 is 1.67 bits per heavy atom. The molecule has 0 saturated heterocycles. The van der Waals surface area contributed by atoms with Crippen LogP contribution in [0.15, 0.2) is 29.4 Å². The molecule has 96 valence electrons. The summed E-state index contributed by atoms with van der Waals surface area (Å²) in [4.78, 5) is 14.3. The molecule has 0 amide bonds. The molecule has 0 bridgehead atoms. The van der Waals surface area contributed by atoms with Gasteiger partial charge in [-0.15, -0.1) is 0 Å². The highest BCUT2D eigenvalue weighted by Crippen LogP contribution is 2.18. The molecule has 0 spiro atoms. The van der Waals surface area contributed by atoms with E-state index >= 15 is 0 Å². The van der Waals surface area contributed by atoms with Gasteiger partial charge >= 0.3 is 5.97 Å². The molecule has 0 aliphatic heterocycles. The standard InChI is InChI=1S/C11H13ClN4O2/c1-18-11(17)10(14-5-6-15-16-13)8-3-2-4-9(12)7-8/h2-4,7,10,14H,5-6H2,1H3. The molecule has 18 heavy (non-hydrogen) atoms. The Balaban J connectivity index is 2.78. The fourth-order valence-corrected chi connectivity index (χ4v) is 1.64. The van der Waals surface area contributed by atoms with Crippen LogP contribution >= 0.6 is 11.6 Å². The van der Waals surface area contributed by atoms with Crippen LogP contribution in [0, 0.1) is 0 Å². The molecule has 0 aliphatic carbocycles. The average Bonchev–Trinajstić information content (AvgIpc) is 2.38. The predicted molar refractivity (Wildman–Crippen MR) is 68.2 cm³/mol. The van der Waals surface area contributed by atoms with Crippen molar-refractivity contribution in [2.24, 2.45) is 5.11 Å². The quantitative estimate of drug-likeness (QED) is 0.283. The largest absolute Gasteiger partial charge is 0.468 e. The molecule has 1 N–H and O–H groups in total. The second-order valence-corrected chi connectivity index (χ2v) is 3.86. The summed E-state index contributed by atoms with van der Waals surface area (Å²) in [6, 6.07) is 6.31. The fraction of sp³-hybridized carbons (Fsp3) is 0.364.